The van der Waals surface area contributed by atoms with E-state index in [9.17, 15) is 0 Å². The van der Waals surface area contributed by atoms with Gasteiger partial charge in [-0.15, -0.1) is 0 Å². The molecule has 5 heterocycles. The second-order valence-corrected chi connectivity index (χ2v) is 8.01. The molecule has 0 amide bonds. The minimum atomic E-state index is -0.0678. The first kappa shape index (κ1) is 18.2. The van der Waals surface area contributed by atoms with Crippen molar-refractivity contribution in [2.45, 2.75) is 31.5 Å². The van der Waals surface area contributed by atoms with Gasteiger partial charge in [-0.05, 0) is 24.6 Å². The van der Waals surface area contributed by atoms with E-state index in [1.807, 2.05) is 42.5 Å². The lowest BCUT2D eigenvalue weighted by Crippen LogP contribution is -2.40. The molecule has 3 aromatic heterocycles. The zero-order valence-corrected chi connectivity index (χ0v) is 16.6. The number of hydrogen-bond acceptors (Lipinski definition) is 7. The molecular formula is C21H25N7O. The summed E-state index contributed by atoms with van der Waals surface area (Å²) in [6, 6.07) is 4.12. The summed E-state index contributed by atoms with van der Waals surface area (Å²) in [5.74, 6) is 0.664. The van der Waals surface area contributed by atoms with Crippen LogP contribution in [0.3, 0.4) is 0 Å². The van der Waals surface area contributed by atoms with Gasteiger partial charge in [-0.2, -0.15) is 0 Å². The van der Waals surface area contributed by atoms with Gasteiger partial charge < -0.3 is 14.6 Å². The summed E-state index contributed by atoms with van der Waals surface area (Å²) in [6.45, 7) is 4.81. The molecule has 1 fully saturated rings. The topological polar surface area (TPSA) is 81.0 Å². The predicted molar refractivity (Wildman–Crippen MR) is 108 cm³/mol. The monoisotopic (exact) mass is 391 g/mol. The number of nitrogens with zero attached hydrogens (tertiary/aromatic N) is 6. The van der Waals surface area contributed by atoms with Crippen molar-refractivity contribution in [3.63, 3.8) is 0 Å². The highest BCUT2D eigenvalue weighted by atomic mass is 16.5. The van der Waals surface area contributed by atoms with Gasteiger partial charge in [-0.25, -0.2) is 15.0 Å². The Bertz CT molecular complexity index is 990. The van der Waals surface area contributed by atoms with E-state index in [-0.39, 0.29) is 5.41 Å². The van der Waals surface area contributed by atoms with E-state index in [2.05, 4.69) is 31.2 Å². The Morgan fingerprint density at radius 1 is 1.24 bits per heavy atom. The van der Waals surface area contributed by atoms with Crippen LogP contribution in [-0.4, -0.2) is 49.1 Å². The van der Waals surface area contributed by atoms with E-state index in [0.29, 0.717) is 25.7 Å². The number of ether oxygens (including phenoxy) is 1. The molecule has 0 bridgehead atoms. The maximum atomic E-state index is 5.96. The van der Waals surface area contributed by atoms with E-state index in [1.165, 1.54) is 5.56 Å². The molecule has 0 saturated carbocycles. The number of likely N-dealkylation sites (tertiary alicyclic amines) is 1. The van der Waals surface area contributed by atoms with Crippen molar-refractivity contribution in [2.75, 3.05) is 25.0 Å². The largest absolute Gasteiger partial charge is 0.376 e. The van der Waals surface area contributed by atoms with Crippen molar-refractivity contribution in [3.05, 3.63) is 65.8 Å². The van der Waals surface area contributed by atoms with Crippen LogP contribution in [0.15, 0.2) is 43.2 Å². The van der Waals surface area contributed by atoms with Crippen LogP contribution in [0, 0.1) is 0 Å². The van der Waals surface area contributed by atoms with E-state index in [4.69, 9.17) is 9.72 Å². The molecule has 1 spiro atoms. The van der Waals surface area contributed by atoms with Gasteiger partial charge in [-0.1, -0.05) is 6.07 Å². The highest BCUT2D eigenvalue weighted by molar-refractivity contribution is 5.37. The molecule has 29 heavy (non-hydrogen) atoms. The third kappa shape index (κ3) is 3.61. The van der Waals surface area contributed by atoms with Crippen LogP contribution in [0.5, 0.6) is 0 Å². The van der Waals surface area contributed by atoms with Crippen LogP contribution in [0.2, 0.25) is 0 Å². The predicted octanol–water partition coefficient (Wildman–Crippen LogP) is 1.89. The average Bonchev–Trinajstić information content (AvgIpc) is 3.34. The number of aryl methyl sites for hydroxylation is 1. The molecule has 0 radical (unpaired) electrons. The van der Waals surface area contributed by atoms with Crippen molar-refractivity contribution in [1.82, 2.24) is 29.4 Å². The Morgan fingerprint density at radius 3 is 3.03 bits per heavy atom. The van der Waals surface area contributed by atoms with Crippen LogP contribution in [0.4, 0.5) is 5.95 Å². The molecule has 2 aliphatic rings. The third-order valence-corrected chi connectivity index (χ3v) is 5.91. The fourth-order valence-electron chi connectivity index (χ4n) is 4.36. The highest BCUT2D eigenvalue weighted by Crippen LogP contribution is 2.39. The average molecular weight is 391 g/mol. The van der Waals surface area contributed by atoms with E-state index in [1.54, 1.807) is 6.33 Å². The molecule has 0 aromatic carbocycles. The van der Waals surface area contributed by atoms with Crippen molar-refractivity contribution in [3.8, 4) is 0 Å². The number of nitrogens with one attached hydrogen (secondary N) is 1. The minimum absolute atomic E-state index is 0.0678. The lowest BCUT2D eigenvalue weighted by atomic mass is 9.80. The number of aromatic nitrogens is 5. The van der Waals surface area contributed by atoms with Crippen LogP contribution in [0.25, 0.3) is 0 Å². The molecule has 2 aliphatic heterocycles. The molecular weight excluding hydrogens is 366 g/mol. The van der Waals surface area contributed by atoms with Crippen molar-refractivity contribution >= 4 is 5.95 Å². The fourth-order valence-corrected chi connectivity index (χ4v) is 4.36. The molecule has 1 N–H and O–H groups in total. The molecule has 8 heteroatoms. The minimum Gasteiger partial charge on any atom is -0.376 e. The summed E-state index contributed by atoms with van der Waals surface area (Å²) in [7, 11) is 1.99. The number of hydrogen-bond donors (Lipinski definition) is 1. The summed E-state index contributed by atoms with van der Waals surface area (Å²) < 4.78 is 7.95. The second kappa shape index (κ2) is 7.53. The SMILES string of the molecule is Cn1cncc1CNc1ncc2c(n1)C1(CCN(Cc3cccnc3)C1)COC2. The van der Waals surface area contributed by atoms with E-state index in [0.717, 1.165) is 43.0 Å². The summed E-state index contributed by atoms with van der Waals surface area (Å²) in [5, 5.41) is 3.35. The third-order valence-electron chi connectivity index (χ3n) is 5.91. The molecule has 5 rings (SSSR count). The van der Waals surface area contributed by atoms with Gasteiger partial charge in [-0.3, -0.25) is 9.88 Å². The maximum Gasteiger partial charge on any atom is 0.223 e. The van der Waals surface area contributed by atoms with Gasteiger partial charge >= 0.3 is 0 Å². The standard InChI is InChI=1S/C21H25N7O/c1-27-15-23-9-18(27)10-25-20-24-8-17-12-29-14-21(19(17)26-20)4-6-28(13-21)11-16-3-2-5-22-7-16/h2-3,5,7-9,15H,4,6,10-14H2,1H3,(H,24,25,26). The van der Waals surface area contributed by atoms with Crippen LogP contribution in [-0.2, 0) is 36.9 Å². The van der Waals surface area contributed by atoms with Gasteiger partial charge in [0.1, 0.15) is 0 Å². The number of fused-ring (bicyclic) bond motifs is 2. The summed E-state index contributed by atoms with van der Waals surface area (Å²) in [4.78, 5) is 20.3. The van der Waals surface area contributed by atoms with Crippen molar-refractivity contribution < 1.29 is 4.74 Å². The summed E-state index contributed by atoms with van der Waals surface area (Å²) in [5.41, 5.74) is 4.50. The molecule has 1 atom stereocenters. The summed E-state index contributed by atoms with van der Waals surface area (Å²) in [6.07, 6.45) is 10.4. The first-order valence-electron chi connectivity index (χ1n) is 9.96. The zero-order valence-electron chi connectivity index (χ0n) is 16.6. The normalized spacial score (nSPS) is 21.4. The number of anilines is 1. The first-order valence-corrected chi connectivity index (χ1v) is 9.96. The van der Waals surface area contributed by atoms with Crippen molar-refractivity contribution in [1.29, 1.82) is 0 Å². The Hall–Kier alpha value is -2.84. The van der Waals surface area contributed by atoms with Crippen molar-refractivity contribution in [2.24, 2.45) is 7.05 Å². The van der Waals surface area contributed by atoms with Gasteiger partial charge in [0.15, 0.2) is 0 Å². The Balaban J connectivity index is 1.35. The molecule has 1 saturated heterocycles. The molecule has 1 unspecified atom stereocenters. The lowest BCUT2D eigenvalue weighted by Gasteiger charge is -2.34. The molecule has 3 aromatic rings. The Kier molecular flexibility index (Phi) is 4.73. The van der Waals surface area contributed by atoms with E-state index < -0.39 is 0 Å². The second-order valence-electron chi connectivity index (χ2n) is 8.01. The summed E-state index contributed by atoms with van der Waals surface area (Å²) >= 11 is 0. The molecule has 8 nitrogen and oxygen atoms in total. The van der Waals surface area contributed by atoms with Gasteiger partial charge in [0.2, 0.25) is 5.95 Å². The Morgan fingerprint density at radius 2 is 2.21 bits per heavy atom. The zero-order chi connectivity index (χ0) is 19.7. The quantitative estimate of drug-likeness (QED) is 0.711. The van der Waals surface area contributed by atoms with Crippen LogP contribution < -0.4 is 5.32 Å². The van der Waals surface area contributed by atoms with Gasteiger partial charge in [0, 0.05) is 50.5 Å². The lowest BCUT2D eigenvalue weighted by molar-refractivity contribution is 0.0503. The van der Waals surface area contributed by atoms with Crippen LogP contribution in [0.1, 0.15) is 28.9 Å². The Labute approximate surface area is 170 Å². The van der Waals surface area contributed by atoms with Gasteiger partial charge in [0.25, 0.3) is 0 Å². The number of imidazole rings is 1. The molecule has 150 valence electrons. The maximum absolute atomic E-state index is 5.96. The number of rotatable bonds is 5. The molecule has 0 aliphatic carbocycles. The highest BCUT2D eigenvalue weighted by Gasteiger charge is 2.44. The van der Waals surface area contributed by atoms with E-state index >= 15 is 0 Å². The fraction of sp³-hybridized carbons (Fsp3) is 0.429. The van der Waals surface area contributed by atoms with Crippen LogP contribution >= 0.6 is 0 Å². The first-order chi connectivity index (χ1) is 14.2. The number of pyridine rings is 1. The van der Waals surface area contributed by atoms with Gasteiger partial charge in [0.05, 0.1) is 42.9 Å². The smallest absolute Gasteiger partial charge is 0.223 e.